The topological polar surface area (TPSA) is 35.2 Å². The zero-order chi connectivity index (χ0) is 59.9. The fourth-order valence-corrected chi connectivity index (χ4v) is 23.8. The van der Waals surface area contributed by atoms with Crippen molar-refractivity contribution in [2.75, 3.05) is 4.90 Å². The number of benzene rings is 11. The van der Waals surface area contributed by atoms with Gasteiger partial charge in [-0.2, -0.15) is 0 Å². The number of para-hydroxylation sites is 3. The normalized spacial score (nSPS) is 13.1. The van der Waals surface area contributed by atoms with Gasteiger partial charge in [-0.1, -0.05) is 32.0 Å². The van der Waals surface area contributed by atoms with Crippen LogP contribution in [0.1, 0.15) is 48.5 Å². The van der Waals surface area contributed by atoms with Gasteiger partial charge in [-0.05, 0) is 48.2 Å². The van der Waals surface area contributed by atoms with E-state index in [-0.39, 0.29) is 11.3 Å². The van der Waals surface area contributed by atoms with Gasteiger partial charge in [-0.3, -0.25) is 4.57 Å². The third kappa shape index (κ3) is 9.03. The largest absolute Gasteiger partial charge is 0.0625 e. The van der Waals surface area contributed by atoms with Crippen molar-refractivity contribution >= 4 is 107 Å². The molecule has 0 unspecified atom stereocenters. The molecule has 86 heavy (non-hydrogen) atoms. The van der Waals surface area contributed by atoms with Crippen LogP contribution < -0.4 is 27.2 Å². The van der Waals surface area contributed by atoms with Crippen molar-refractivity contribution in [3.05, 3.63) is 290 Å². The summed E-state index contributed by atoms with van der Waals surface area (Å²) in [7, 11) is 0. The third-order valence-electron chi connectivity index (χ3n) is 17.5. The summed E-state index contributed by atoms with van der Waals surface area (Å²) in [5, 5.41) is 9.24. The van der Waals surface area contributed by atoms with Gasteiger partial charge < -0.3 is 0 Å². The van der Waals surface area contributed by atoms with E-state index in [0.29, 0.717) is 29.5 Å². The van der Waals surface area contributed by atoms with E-state index in [1.807, 2.05) is 38.1 Å². The summed E-state index contributed by atoms with van der Waals surface area (Å²) >= 11 is -3.81. The van der Waals surface area contributed by atoms with Crippen LogP contribution in [-0.2, 0) is 18.5 Å². The Morgan fingerprint density at radius 2 is 1.02 bits per heavy atom. The molecule has 5 nitrogen and oxygen atoms in total. The van der Waals surface area contributed by atoms with E-state index in [0.717, 1.165) is 44.2 Å². The van der Waals surface area contributed by atoms with Crippen LogP contribution in [0.15, 0.2) is 279 Å². The van der Waals surface area contributed by atoms with Crippen LogP contribution in [0.2, 0.25) is 0 Å². The van der Waals surface area contributed by atoms with Gasteiger partial charge in [-0.15, -0.1) is 0 Å². The molecule has 0 aliphatic carbocycles. The van der Waals surface area contributed by atoms with Crippen LogP contribution in [0.3, 0.4) is 0 Å². The van der Waals surface area contributed by atoms with E-state index in [4.69, 9.17) is 12.5 Å². The summed E-state index contributed by atoms with van der Waals surface area (Å²) in [4.78, 5) is 7.31. The number of hydrogen-bond donors (Lipinski definition) is 0. The number of aromatic nitrogens is 3. The van der Waals surface area contributed by atoms with Crippen molar-refractivity contribution in [1.82, 2.24) is 14.1 Å². The molecular weight excluding hydrogens is 1110 g/mol. The first-order valence-corrected chi connectivity index (χ1v) is 34.2. The first-order valence-electron chi connectivity index (χ1n) is 31.0. The second-order valence-electron chi connectivity index (χ2n) is 24.2. The maximum Gasteiger partial charge on any atom is 0.0592 e. The molecule has 0 amide bonds. The van der Waals surface area contributed by atoms with Crippen LogP contribution in [-0.4, -0.2) is 27.4 Å². The second kappa shape index (κ2) is 21.4. The fraction of sp³-hybridized carbons (Fsp3) is 0.113. The zero-order valence-corrected chi connectivity index (χ0v) is 51.1. The third-order valence-corrected chi connectivity index (χ3v) is 27.5. The molecule has 0 N–H and O–H groups in total. The van der Waals surface area contributed by atoms with Gasteiger partial charge >= 0.3 is 373 Å². The second-order valence-corrected chi connectivity index (χ2v) is 32.2. The predicted molar refractivity (Wildman–Crippen MR) is 366 cm³/mol. The molecule has 416 valence electrons. The van der Waals surface area contributed by atoms with Crippen molar-refractivity contribution in [3.8, 4) is 28.4 Å². The van der Waals surface area contributed by atoms with Gasteiger partial charge in [0.25, 0.3) is 0 Å². The Hall–Kier alpha value is -9.69. The van der Waals surface area contributed by atoms with Crippen molar-refractivity contribution < 1.29 is 7.48 Å². The predicted octanol–water partition coefficient (Wildman–Crippen LogP) is 18.2. The molecule has 15 rings (SSSR count). The smallest absolute Gasteiger partial charge is 0.0592 e. The van der Waals surface area contributed by atoms with E-state index in [1.54, 1.807) is 12.3 Å². The Bertz CT molecular complexity index is 5010. The quantitative estimate of drug-likeness (QED) is 0.121. The van der Waals surface area contributed by atoms with Crippen molar-refractivity contribution in [3.63, 3.8) is 0 Å². The van der Waals surface area contributed by atoms with E-state index in [9.17, 15) is 0 Å². The number of rotatable bonds is 11. The van der Waals surface area contributed by atoms with Crippen molar-refractivity contribution in [2.24, 2.45) is 5.92 Å². The number of anilines is 2. The van der Waals surface area contributed by atoms with Crippen molar-refractivity contribution in [1.29, 1.82) is 0 Å². The molecule has 14 aromatic rings. The van der Waals surface area contributed by atoms with Crippen molar-refractivity contribution in [2.45, 2.75) is 53.1 Å². The first kappa shape index (κ1) is 50.8. The molecule has 0 saturated carbocycles. The van der Waals surface area contributed by atoms with Crippen LogP contribution >= 0.6 is 0 Å². The molecule has 1 aliphatic heterocycles. The molecule has 11 aromatic carbocycles. The summed E-state index contributed by atoms with van der Waals surface area (Å²) in [5.41, 5.74) is 10.4. The first-order chi connectivity index (χ1) is 42.9. The minimum Gasteiger partial charge on any atom is -0.0625 e. The molecule has 3 aromatic heterocycles. The number of pyridine rings is 1. The molecule has 0 fully saturated rings. The minimum atomic E-state index is -3.81. The average Bonchev–Trinajstić information content (AvgIpc) is 1.46. The zero-order valence-electron chi connectivity index (χ0n) is 51.0. The number of fused-ring (bicyclic) bond motifs is 10. The molecule has 0 saturated heterocycles. The Morgan fingerprint density at radius 3 is 1.66 bits per heavy atom. The van der Waals surface area contributed by atoms with E-state index in [2.05, 4.69) is 277 Å². The van der Waals surface area contributed by atoms with E-state index >= 15 is 0 Å². The Labute approximate surface area is 508 Å². The molecule has 4 heterocycles. The summed E-state index contributed by atoms with van der Waals surface area (Å²) in [6, 6.07) is 100. The summed E-state index contributed by atoms with van der Waals surface area (Å²) < 4.78 is 35.2. The van der Waals surface area contributed by atoms with E-state index < -0.39 is 19.6 Å². The van der Waals surface area contributed by atoms with Crippen LogP contribution in [0.5, 0.6) is 11.5 Å². The minimum absolute atomic E-state index is 0.186. The van der Waals surface area contributed by atoms with Crippen LogP contribution in [0, 0.1) is 5.92 Å². The van der Waals surface area contributed by atoms with Gasteiger partial charge in [0.05, 0.1) is 11.0 Å². The van der Waals surface area contributed by atoms with Gasteiger partial charge in [-0.25, -0.2) is 4.98 Å². The van der Waals surface area contributed by atoms with Gasteiger partial charge in [0, 0.05) is 25.8 Å². The number of ether oxygens (including phenoxy) is 1. The monoisotopic (exact) mass is 1170 g/mol. The molecule has 6 heteroatoms. The van der Waals surface area contributed by atoms with Gasteiger partial charge in [0.1, 0.15) is 11.6 Å². The molecule has 1 aliphatic rings. The Balaban J connectivity index is 0.943. The fourth-order valence-electron chi connectivity index (χ4n) is 13.7. The molecule has 0 spiro atoms. The molecule has 0 bridgehead atoms. The summed E-state index contributed by atoms with van der Waals surface area (Å²) in [6.07, 6.45) is 0.186. The van der Waals surface area contributed by atoms with Gasteiger partial charge in [0.2, 0.25) is 0 Å². The SMILES string of the molecule is [2H]C([2H])(c1ccnc(-n2c3ccccc3c3ccc(Oc4cccc(N5Cn6c7c(-c8cc(C(C)(C)C)c[c]([Ge]([c]9ccccc9)([c]9ccccc9)[c]9ccccc9)c8)cccc7c7ccccc7c7ccccc7c7cccc5c76)c4)cc32)c1)C(C)C. The molecule has 0 radical (unpaired) electrons. The van der Waals surface area contributed by atoms with Crippen LogP contribution in [0.25, 0.3) is 82.1 Å². The summed E-state index contributed by atoms with van der Waals surface area (Å²) in [5.74, 6) is 1.83. The van der Waals surface area contributed by atoms with E-state index in [1.165, 1.54) is 66.6 Å². The Morgan fingerprint density at radius 1 is 0.477 bits per heavy atom. The molecule has 0 atom stereocenters. The van der Waals surface area contributed by atoms with Crippen LogP contribution in [0.4, 0.5) is 11.4 Å². The average molecular weight is 1170 g/mol. The number of hydrogen-bond acceptors (Lipinski definition) is 3. The molecular formula is C80H66GeN4O. The summed E-state index contributed by atoms with van der Waals surface area (Å²) in [6.45, 7) is 11.4. The maximum atomic E-state index is 8.98. The Kier molecular flexibility index (Phi) is 12.7. The standard InChI is InChI=1S/C80H66GeN4O/c1-54(2)46-55-44-45-82-77(47-55)85-74-40-20-19-36-70(74)71-43-42-64(52-76(71)85)86-63-31-21-30-62(51-63)83-53-84-78-65(37-22-38-72(78)68-34-17-15-32-66(68)67-33-16-18-35-69(67)73-39-23-41-75(83)79(73)84)56-48-57(80(3,4)5)50-61(49-56)81(58-24-9-6-10-25-58,59-26-11-7-12-27-59)60-28-13-8-14-29-60/h6-45,47-52,54H,46,53H2,1-5H3/i46D2. The number of nitrogens with zero attached hydrogens (tertiary/aromatic N) is 4. The maximum absolute atomic E-state index is 8.98. The van der Waals surface area contributed by atoms with Gasteiger partial charge in [0.15, 0.2) is 0 Å².